The van der Waals surface area contributed by atoms with Crippen LogP contribution in [0.15, 0.2) is 46.9 Å². The van der Waals surface area contributed by atoms with Crippen molar-refractivity contribution >= 4 is 45.1 Å². The molecule has 1 amide bonds. The number of hydrogen-bond donors (Lipinski definition) is 1. The number of halogens is 1. The Morgan fingerprint density at radius 2 is 2.00 bits per heavy atom. The lowest BCUT2D eigenvalue weighted by Gasteiger charge is -2.10. The lowest BCUT2D eigenvalue weighted by Crippen LogP contribution is -2.14. The van der Waals surface area contributed by atoms with E-state index in [1.54, 1.807) is 19.2 Å². The summed E-state index contributed by atoms with van der Waals surface area (Å²) in [5.74, 6) is 1.58. The Morgan fingerprint density at radius 3 is 2.67 bits per heavy atom. The molecule has 2 aromatic carbocycles. The van der Waals surface area contributed by atoms with Gasteiger partial charge in [-0.05, 0) is 43.3 Å². The minimum Gasteiger partial charge on any atom is -0.496 e. The van der Waals surface area contributed by atoms with Crippen LogP contribution in [0.3, 0.4) is 0 Å². The Bertz CT molecular complexity index is 749. The van der Waals surface area contributed by atoms with Crippen molar-refractivity contribution in [2.45, 2.75) is 12.7 Å². The first-order valence-electron chi connectivity index (χ1n) is 7.30. The summed E-state index contributed by atoms with van der Waals surface area (Å²) >= 11 is 4.84. The van der Waals surface area contributed by atoms with E-state index in [2.05, 4.69) is 21.2 Å². The highest BCUT2D eigenvalue weighted by Crippen LogP contribution is 2.25. The number of anilines is 1. The second-order valence-electron chi connectivity index (χ2n) is 5.13. The number of ether oxygens (including phenoxy) is 1. The van der Waals surface area contributed by atoms with Gasteiger partial charge >= 0.3 is 0 Å². The fraction of sp³-hybridized carbons (Fsp3) is 0.222. The van der Waals surface area contributed by atoms with Gasteiger partial charge in [0.05, 0.1) is 12.9 Å². The molecule has 0 aliphatic carbocycles. The molecule has 0 aromatic heterocycles. The third kappa shape index (κ3) is 5.39. The highest BCUT2D eigenvalue weighted by molar-refractivity contribution is 9.10. The zero-order chi connectivity index (χ0) is 17.5. The van der Waals surface area contributed by atoms with Gasteiger partial charge in [0.15, 0.2) is 5.78 Å². The normalized spacial score (nSPS) is 10.3. The van der Waals surface area contributed by atoms with Crippen LogP contribution in [-0.4, -0.2) is 24.6 Å². The highest BCUT2D eigenvalue weighted by Gasteiger charge is 2.09. The van der Waals surface area contributed by atoms with Gasteiger partial charge in [-0.15, -0.1) is 11.8 Å². The number of Topliss-reactive ketones (excluding diaryl/α,β-unsaturated/α-hetero) is 1. The van der Waals surface area contributed by atoms with E-state index in [1.807, 2.05) is 30.3 Å². The van der Waals surface area contributed by atoms with E-state index in [1.165, 1.54) is 18.7 Å². The molecule has 0 spiro atoms. The number of carbonyl (C=O) groups excluding carboxylic acids is 2. The molecule has 0 aliphatic heterocycles. The molecule has 1 N–H and O–H groups in total. The topological polar surface area (TPSA) is 55.4 Å². The number of rotatable bonds is 7. The molecule has 0 saturated carbocycles. The number of benzene rings is 2. The van der Waals surface area contributed by atoms with Gasteiger partial charge in [-0.2, -0.15) is 0 Å². The molecule has 2 aromatic rings. The van der Waals surface area contributed by atoms with E-state index >= 15 is 0 Å². The second-order valence-corrected chi connectivity index (χ2v) is 7.04. The van der Waals surface area contributed by atoms with E-state index in [9.17, 15) is 9.59 Å². The molecule has 0 bridgehead atoms. The third-order valence-electron chi connectivity index (χ3n) is 3.29. The first-order valence-corrected chi connectivity index (χ1v) is 9.25. The molecule has 126 valence electrons. The lowest BCUT2D eigenvalue weighted by molar-refractivity contribution is -0.113. The van der Waals surface area contributed by atoms with Gasteiger partial charge in [-0.3, -0.25) is 9.59 Å². The van der Waals surface area contributed by atoms with Crippen molar-refractivity contribution in [3.8, 4) is 5.75 Å². The quantitative estimate of drug-likeness (QED) is 0.684. The van der Waals surface area contributed by atoms with Crippen molar-refractivity contribution in [2.24, 2.45) is 0 Å². The van der Waals surface area contributed by atoms with Crippen LogP contribution in [0.25, 0.3) is 0 Å². The highest BCUT2D eigenvalue weighted by atomic mass is 79.9. The molecule has 2 rings (SSSR count). The number of nitrogens with one attached hydrogen (secondary N) is 1. The summed E-state index contributed by atoms with van der Waals surface area (Å²) in [5, 5.41) is 2.85. The average Bonchev–Trinajstić information content (AvgIpc) is 2.54. The molecule has 6 heteroatoms. The number of thioether (sulfide) groups is 1. The maximum Gasteiger partial charge on any atom is 0.234 e. The third-order valence-corrected chi connectivity index (χ3v) is 4.76. The van der Waals surface area contributed by atoms with E-state index in [0.717, 1.165) is 21.5 Å². The first-order chi connectivity index (χ1) is 11.5. The summed E-state index contributed by atoms with van der Waals surface area (Å²) in [6.07, 6.45) is 0. The predicted molar refractivity (Wildman–Crippen MR) is 102 cm³/mol. The van der Waals surface area contributed by atoms with Crippen molar-refractivity contribution < 1.29 is 14.3 Å². The summed E-state index contributed by atoms with van der Waals surface area (Å²) in [4.78, 5) is 23.5. The van der Waals surface area contributed by atoms with Gasteiger partial charge in [0, 0.05) is 27.0 Å². The van der Waals surface area contributed by atoms with Crippen LogP contribution in [0.2, 0.25) is 0 Å². The number of ketones is 1. The van der Waals surface area contributed by atoms with E-state index in [4.69, 9.17) is 4.74 Å². The Morgan fingerprint density at radius 1 is 1.21 bits per heavy atom. The van der Waals surface area contributed by atoms with Crippen molar-refractivity contribution in [1.82, 2.24) is 0 Å². The standard InChI is InChI=1S/C18H18BrNO3S/c1-12(21)13-6-7-17(23-2)14(8-13)10-24-11-18(22)20-16-5-3-4-15(19)9-16/h3-9H,10-11H2,1-2H3,(H,20,22). The molecule has 0 unspecified atom stereocenters. The number of amides is 1. The molecular formula is C18H18BrNO3S. The van der Waals surface area contributed by atoms with Gasteiger partial charge < -0.3 is 10.1 Å². The molecule has 4 nitrogen and oxygen atoms in total. The van der Waals surface area contributed by atoms with Crippen LogP contribution < -0.4 is 10.1 Å². The summed E-state index contributed by atoms with van der Waals surface area (Å²) in [6.45, 7) is 1.53. The molecule has 0 atom stereocenters. The average molecular weight is 408 g/mol. The Labute approximate surface area is 154 Å². The van der Waals surface area contributed by atoms with Crippen molar-refractivity contribution in [3.05, 3.63) is 58.1 Å². The zero-order valence-electron chi connectivity index (χ0n) is 13.5. The minimum atomic E-state index is -0.0696. The summed E-state index contributed by atoms with van der Waals surface area (Å²) in [6, 6.07) is 12.8. The minimum absolute atomic E-state index is 0.0105. The monoisotopic (exact) mass is 407 g/mol. The molecule has 0 saturated heterocycles. The molecule has 0 heterocycles. The number of hydrogen-bond acceptors (Lipinski definition) is 4. The Balaban J connectivity index is 1.92. The Hall–Kier alpha value is -1.79. The SMILES string of the molecule is COc1ccc(C(C)=O)cc1CSCC(=O)Nc1cccc(Br)c1. The summed E-state index contributed by atoms with van der Waals surface area (Å²) in [7, 11) is 1.59. The summed E-state index contributed by atoms with van der Waals surface area (Å²) in [5.41, 5.74) is 2.31. The van der Waals surface area contributed by atoms with Gasteiger partial charge in [-0.25, -0.2) is 0 Å². The summed E-state index contributed by atoms with van der Waals surface area (Å²) < 4.78 is 6.23. The van der Waals surface area contributed by atoms with E-state index in [-0.39, 0.29) is 11.7 Å². The second kappa shape index (κ2) is 8.89. The van der Waals surface area contributed by atoms with Gasteiger partial charge in [0.2, 0.25) is 5.91 Å². The van der Waals surface area contributed by atoms with Gasteiger partial charge in [-0.1, -0.05) is 22.0 Å². The smallest absolute Gasteiger partial charge is 0.234 e. The molecule has 0 radical (unpaired) electrons. The fourth-order valence-electron chi connectivity index (χ4n) is 2.13. The van der Waals surface area contributed by atoms with E-state index < -0.39 is 0 Å². The van der Waals surface area contributed by atoms with Crippen LogP contribution in [0.1, 0.15) is 22.8 Å². The van der Waals surface area contributed by atoms with Gasteiger partial charge in [0.25, 0.3) is 0 Å². The maximum absolute atomic E-state index is 12.0. The maximum atomic E-state index is 12.0. The van der Waals surface area contributed by atoms with Crippen molar-refractivity contribution in [2.75, 3.05) is 18.2 Å². The van der Waals surface area contributed by atoms with E-state index in [0.29, 0.717) is 17.1 Å². The number of methoxy groups -OCH3 is 1. The molecule has 0 fully saturated rings. The lowest BCUT2D eigenvalue weighted by atomic mass is 10.1. The fourth-order valence-corrected chi connectivity index (χ4v) is 3.33. The van der Waals surface area contributed by atoms with Crippen LogP contribution in [0.5, 0.6) is 5.75 Å². The predicted octanol–water partition coefficient (Wildman–Crippen LogP) is 4.53. The van der Waals surface area contributed by atoms with Crippen molar-refractivity contribution in [3.63, 3.8) is 0 Å². The molecule has 0 aliphatic rings. The van der Waals surface area contributed by atoms with Crippen LogP contribution >= 0.6 is 27.7 Å². The van der Waals surface area contributed by atoms with Crippen molar-refractivity contribution in [1.29, 1.82) is 0 Å². The van der Waals surface area contributed by atoms with Crippen LogP contribution in [-0.2, 0) is 10.5 Å². The first kappa shape index (κ1) is 18.5. The molecular weight excluding hydrogens is 390 g/mol. The molecule has 24 heavy (non-hydrogen) atoms. The zero-order valence-corrected chi connectivity index (χ0v) is 15.9. The largest absolute Gasteiger partial charge is 0.496 e. The Kier molecular flexibility index (Phi) is 6.87. The van der Waals surface area contributed by atoms with Crippen LogP contribution in [0, 0.1) is 0 Å². The van der Waals surface area contributed by atoms with Gasteiger partial charge in [0.1, 0.15) is 5.75 Å². The number of carbonyl (C=O) groups is 2. The van der Waals surface area contributed by atoms with Crippen LogP contribution in [0.4, 0.5) is 5.69 Å².